The van der Waals surface area contributed by atoms with Crippen molar-refractivity contribution in [3.05, 3.63) is 28.2 Å². The van der Waals surface area contributed by atoms with Crippen LogP contribution in [0, 0.1) is 0 Å². The number of morpholine rings is 1. The molecule has 1 amide bonds. The number of carbonyl (C=O) groups excluding carboxylic acids is 1. The topological polar surface area (TPSA) is 72.8 Å². The van der Waals surface area contributed by atoms with Crippen LogP contribution in [0.3, 0.4) is 0 Å². The first-order valence-corrected chi connectivity index (χ1v) is 6.10. The number of nitrogens with zero attached hydrogens (tertiary/aromatic N) is 2. The van der Waals surface area contributed by atoms with Gasteiger partial charge in [-0.1, -0.05) is 0 Å². The fraction of sp³-hybridized carbons (Fsp3) is 0.500. The number of fused-ring (bicyclic) bond motifs is 2. The van der Waals surface area contributed by atoms with Gasteiger partial charge in [-0.15, -0.1) is 0 Å². The molecule has 0 aliphatic carbocycles. The lowest BCUT2D eigenvalue weighted by molar-refractivity contribution is -0.0310. The number of nitrogens with one attached hydrogen (secondary N) is 1. The molecule has 1 saturated heterocycles. The molecule has 102 valence electrons. The van der Waals surface area contributed by atoms with E-state index in [1.165, 1.54) is 24.0 Å². The second-order valence-electron chi connectivity index (χ2n) is 4.68. The van der Waals surface area contributed by atoms with E-state index in [0.717, 1.165) is 0 Å². The Labute approximate surface area is 109 Å². The number of pyridine rings is 1. The Bertz CT molecular complexity index is 583. The van der Waals surface area contributed by atoms with E-state index < -0.39 is 0 Å². The minimum Gasteiger partial charge on any atom is -0.491 e. The summed E-state index contributed by atoms with van der Waals surface area (Å²) in [6.07, 6.45) is 1.31. The van der Waals surface area contributed by atoms with E-state index in [4.69, 9.17) is 9.47 Å². The maximum atomic E-state index is 12.6. The smallest absolute Gasteiger partial charge is 0.278 e. The number of methoxy groups -OCH3 is 1. The number of amides is 1. The van der Waals surface area contributed by atoms with Gasteiger partial charge in [0.1, 0.15) is 6.17 Å². The number of carbonyl (C=O) groups is 1. The molecule has 0 spiro atoms. The van der Waals surface area contributed by atoms with Gasteiger partial charge in [-0.25, -0.2) is 0 Å². The Balaban J connectivity index is 2.14. The molecule has 2 aliphatic rings. The predicted molar refractivity (Wildman–Crippen MR) is 66.9 cm³/mol. The van der Waals surface area contributed by atoms with Crippen LogP contribution >= 0.6 is 0 Å². The molecule has 3 rings (SSSR count). The third kappa shape index (κ3) is 1.69. The molecule has 7 heteroatoms. The highest BCUT2D eigenvalue weighted by Crippen LogP contribution is 2.24. The molecule has 7 nitrogen and oxygen atoms in total. The third-order valence-electron chi connectivity index (χ3n) is 3.43. The van der Waals surface area contributed by atoms with Crippen molar-refractivity contribution in [2.45, 2.75) is 19.1 Å². The first kappa shape index (κ1) is 12.0. The molecule has 2 aliphatic heterocycles. The van der Waals surface area contributed by atoms with Crippen molar-refractivity contribution < 1.29 is 14.3 Å². The van der Waals surface area contributed by atoms with Gasteiger partial charge in [-0.3, -0.25) is 14.3 Å². The van der Waals surface area contributed by atoms with Crippen LogP contribution in [0.25, 0.3) is 0 Å². The number of ether oxygens (including phenoxy) is 2. The zero-order valence-electron chi connectivity index (χ0n) is 10.8. The van der Waals surface area contributed by atoms with Crippen LogP contribution in [0.15, 0.2) is 17.1 Å². The van der Waals surface area contributed by atoms with Gasteiger partial charge in [0.05, 0.1) is 26.4 Å². The maximum Gasteiger partial charge on any atom is 0.278 e. The molecule has 1 aromatic heterocycles. The first-order valence-electron chi connectivity index (χ1n) is 6.10. The Morgan fingerprint density at radius 1 is 1.42 bits per heavy atom. The zero-order chi connectivity index (χ0) is 13.6. The fourth-order valence-corrected chi connectivity index (χ4v) is 2.57. The van der Waals surface area contributed by atoms with Crippen molar-refractivity contribution in [2.24, 2.45) is 0 Å². The third-order valence-corrected chi connectivity index (χ3v) is 3.43. The minimum atomic E-state index is -0.303. The molecule has 1 aromatic rings. The van der Waals surface area contributed by atoms with Crippen LogP contribution < -0.4 is 15.6 Å². The van der Waals surface area contributed by atoms with Gasteiger partial charge in [-0.2, -0.15) is 0 Å². The lowest BCUT2D eigenvalue weighted by Crippen LogP contribution is -2.62. The second kappa shape index (κ2) is 4.27. The molecule has 1 N–H and O–H groups in total. The first-order chi connectivity index (χ1) is 9.13. The average molecular weight is 265 g/mol. The van der Waals surface area contributed by atoms with E-state index in [-0.39, 0.29) is 35.0 Å². The molecular formula is C12H15N3O4. The van der Waals surface area contributed by atoms with E-state index in [2.05, 4.69) is 5.43 Å². The molecule has 19 heavy (non-hydrogen) atoms. The minimum absolute atomic E-state index is 0.0486. The summed E-state index contributed by atoms with van der Waals surface area (Å²) in [6.45, 7) is 2.82. The lowest BCUT2D eigenvalue weighted by atomic mass is 10.1. The Hall–Kier alpha value is -2.02. The summed E-state index contributed by atoms with van der Waals surface area (Å²) in [5.41, 5.74) is 3.07. The SMILES string of the molecule is COc1c2n(ccc1=O)NC1COCC(C)N1C2=O. The molecule has 1 fully saturated rings. The van der Waals surface area contributed by atoms with E-state index >= 15 is 0 Å². The van der Waals surface area contributed by atoms with Gasteiger partial charge in [0.25, 0.3) is 5.91 Å². The predicted octanol–water partition coefficient (Wildman–Crippen LogP) is -0.399. The fourth-order valence-electron chi connectivity index (χ4n) is 2.57. The van der Waals surface area contributed by atoms with Crippen LogP contribution in [0.5, 0.6) is 5.75 Å². The molecule has 0 aromatic carbocycles. The molecule has 2 unspecified atom stereocenters. The normalized spacial score (nSPS) is 25.4. The summed E-state index contributed by atoms with van der Waals surface area (Å²) in [7, 11) is 1.39. The van der Waals surface area contributed by atoms with Crippen molar-refractivity contribution >= 4 is 5.91 Å². The highest BCUT2D eigenvalue weighted by molar-refractivity contribution is 5.96. The molecule has 3 heterocycles. The molecule has 2 atom stereocenters. The summed E-state index contributed by atoms with van der Waals surface area (Å²) in [6, 6.07) is 1.32. The maximum absolute atomic E-state index is 12.6. The van der Waals surface area contributed by atoms with Crippen molar-refractivity contribution in [3.63, 3.8) is 0 Å². The standard InChI is InChI=1S/C12H15N3O4/c1-7-5-19-6-9-13-14-4-3-8(16)11(18-2)10(14)12(17)15(7)9/h3-4,7,9,13H,5-6H2,1-2H3. The lowest BCUT2D eigenvalue weighted by Gasteiger charge is -2.44. The molecule has 0 radical (unpaired) electrons. The largest absolute Gasteiger partial charge is 0.491 e. The van der Waals surface area contributed by atoms with Gasteiger partial charge in [-0.05, 0) is 6.92 Å². The molecule has 0 bridgehead atoms. The van der Waals surface area contributed by atoms with Crippen molar-refractivity contribution in [2.75, 3.05) is 25.7 Å². The van der Waals surface area contributed by atoms with Gasteiger partial charge >= 0.3 is 0 Å². The van der Waals surface area contributed by atoms with Gasteiger partial charge in [0, 0.05) is 12.3 Å². The monoisotopic (exact) mass is 265 g/mol. The van der Waals surface area contributed by atoms with E-state index in [0.29, 0.717) is 13.2 Å². The van der Waals surface area contributed by atoms with Crippen LogP contribution in [-0.2, 0) is 4.74 Å². The van der Waals surface area contributed by atoms with Crippen LogP contribution in [0.4, 0.5) is 0 Å². The quantitative estimate of drug-likeness (QED) is 0.748. The van der Waals surface area contributed by atoms with Crippen molar-refractivity contribution in [1.82, 2.24) is 9.58 Å². The summed E-state index contributed by atoms with van der Waals surface area (Å²) in [5.74, 6) is -0.147. The Morgan fingerprint density at radius 3 is 2.95 bits per heavy atom. The van der Waals surface area contributed by atoms with Gasteiger partial charge in [0.15, 0.2) is 11.4 Å². The molecule has 0 saturated carbocycles. The number of hydrogen-bond acceptors (Lipinski definition) is 5. The second-order valence-corrected chi connectivity index (χ2v) is 4.68. The summed E-state index contributed by atoms with van der Waals surface area (Å²) < 4.78 is 12.0. The van der Waals surface area contributed by atoms with E-state index in [1.807, 2.05) is 6.92 Å². The van der Waals surface area contributed by atoms with Crippen molar-refractivity contribution in [1.29, 1.82) is 0 Å². The summed E-state index contributed by atoms with van der Waals surface area (Å²) >= 11 is 0. The highest BCUT2D eigenvalue weighted by Gasteiger charge is 2.39. The molecular weight excluding hydrogens is 250 g/mol. The van der Waals surface area contributed by atoms with Crippen LogP contribution in [0.2, 0.25) is 0 Å². The van der Waals surface area contributed by atoms with E-state index in [1.54, 1.807) is 4.90 Å². The van der Waals surface area contributed by atoms with Crippen LogP contribution in [0.1, 0.15) is 17.4 Å². The Morgan fingerprint density at radius 2 is 2.21 bits per heavy atom. The van der Waals surface area contributed by atoms with E-state index in [9.17, 15) is 9.59 Å². The summed E-state index contributed by atoms with van der Waals surface area (Å²) in [4.78, 5) is 26.0. The van der Waals surface area contributed by atoms with Crippen LogP contribution in [-0.4, -0.2) is 48.0 Å². The zero-order valence-corrected chi connectivity index (χ0v) is 10.8. The van der Waals surface area contributed by atoms with Gasteiger partial charge < -0.3 is 19.8 Å². The Kier molecular flexibility index (Phi) is 2.70. The van der Waals surface area contributed by atoms with Crippen molar-refractivity contribution in [3.8, 4) is 5.75 Å². The highest BCUT2D eigenvalue weighted by atomic mass is 16.5. The van der Waals surface area contributed by atoms with Gasteiger partial charge in [0.2, 0.25) is 5.43 Å². The number of aromatic nitrogens is 1. The average Bonchev–Trinajstić information content (AvgIpc) is 2.39. The number of rotatable bonds is 1. The summed E-state index contributed by atoms with van der Waals surface area (Å²) in [5, 5.41) is 0. The number of hydrogen-bond donors (Lipinski definition) is 1.